The molecule has 1 saturated heterocycles. The molecule has 106 valence electrons. The number of rotatable bonds is 6. The lowest BCUT2D eigenvalue weighted by atomic mass is 10.2. The molecule has 0 aromatic carbocycles. The van der Waals surface area contributed by atoms with E-state index in [2.05, 4.69) is 61.8 Å². The highest BCUT2D eigenvalue weighted by Crippen LogP contribution is 2.36. The second-order valence-electron chi connectivity index (χ2n) is 6.24. The highest BCUT2D eigenvalue weighted by molar-refractivity contribution is 14.1. The van der Waals surface area contributed by atoms with Gasteiger partial charge in [0.25, 0.3) is 0 Å². The highest BCUT2D eigenvalue weighted by Gasteiger charge is 2.38. The number of carbonyl (C=O) groups excluding carboxylic acids is 1. The van der Waals surface area contributed by atoms with Crippen LogP contribution in [0.1, 0.15) is 27.2 Å². The van der Waals surface area contributed by atoms with Gasteiger partial charge in [-0.3, -0.25) is 4.79 Å². The number of halogens is 1. The van der Waals surface area contributed by atoms with Crippen LogP contribution in [0.5, 0.6) is 0 Å². The van der Waals surface area contributed by atoms with Crippen LogP contribution in [-0.4, -0.2) is 37.6 Å². The Balaban J connectivity index is 2.37. The summed E-state index contributed by atoms with van der Waals surface area (Å²) >= 11 is 2.30. The summed E-state index contributed by atoms with van der Waals surface area (Å²) in [6.45, 7) is 11.8. The Morgan fingerprint density at radius 1 is 1.50 bits per heavy atom. The number of ether oxygens (including phenoxy) is 1. The van der Waals surface area contributed by atoms with Crippen molar-refractivity contribution < 1.29 is 14.0 Å². The summed E-state index contributed by atoms with van der Waals surface area (Å²) in [4.78, 5) is 10.8. The number of carbonyl (C=O) groups is 1. The molecule has 4 nitrogen and oxygen atoms in total. The maximum atomic E-state index is 10.8. The summed E-state index contributed by atoms with van der Waals surface area (Å²) < 4.78 is 12.8. The first-order chi connectivity index (χ1) is 8.15. The number of hydrogen-bond acceptors (Lipinski definition) is 3. The van der Waals surface area contributed by atoms with Crippen LogP contribution in [0.4, 0.5) is 0 Å². The predicted molar refractivity (Wildman–Crippen MR) is 83.5 cm³/mol. The quantitative estimate of drug-likeness (QED) is 0.331. The van der Waals surface area contributed by atoms with Crippen LogP contribution >= 0.6 is 22.6 Å². The van der Waals surface area contributed by atoms with Crippen LogP contribution in [0.3, 0.4) is 0 Å². The molecule has 0 radical (unpaired) electrons. The molecule has 1 aliphatic rings. The molecule has 1 amide bonds. The number of hydrogen-bond donors (Lipinski definition) is 1. The summed E-state index contributed by atoms with van der Waals surface area (Å²) in [7, 11) is -1.71. The molecule has 1 rings (SSSR count). The first-order valence-electron chi connectivity index (χ1n) is 6.30. The van der Waals surface area contributed by atoms with Gasteiger partial charge in [0.1, 0.15) is 6.23 Å². The standard InChI is InChI=1S/C12H24INO3Si/c1-12(2,3)18(4,5)16-8-9(7-13)17-11-6-10(15)14-11/h9,11H,6-8H2,1-5H3,(H,14,15)/t9-,11?/m1/s1. The molecule has 2 atom stereocenters. The number of alkyl halides is 1. The van der Waals surface area contributed by atoms with Crippen molar-refractivity contribution in [3.05, 3.63) is 0 Å². The monoisotopic (exact) mass is 385 g/mol. The van der Waals surface area contributed by atoms with Gasteiger partial charge in [-0.05, 0) is 18.1 Å². The summed E-state index contributed by atoms with van der Waals surface area (Å²) in [6.07, 6.45) is 0.429. The Kier molecular flexibility index (Phi) is 5.64. The van der Waals surface area contributed by atoms with E-state index in [4.69, 9.17) is 9.16 Å². The number of nitrogens with one attached hydrogen (secondary N) is 1. The minimum Gasteiger partial charge on any atom is -0.414 e. The van der Waals surface area contributed by atoms with Gasteiger partial charge in [-0.15, -0.1) is 0 Å². The Labute approximate surface area is 124 Å². The molecular weight excluding hydrogens is 361 g/mol. The van der Waals surface area contributed by atoms with Gasteiger partial charge in [0.2, 0.25) is 5.91 Å². The molecule has 0 spiro atoms. The Bertz CT molecular complexity index is 296. The summed E-state index contributed by atoms with van der Waals surface area (Å²) in [5, 5.41) is 2.94. The molecule has 0 bridgehead atoms. The third-order valence-electron chi connectivity index (χ3n) is 3.66. The van der Waals surface area contributed by atoms with Crippen molar-refractivity contribution in [2.24, 2.45) is 0 Å². The smallest absolute Gasteiger partial charge is 0.226 e. The van der Waals surface area contributed by atoms with Gasteiger partial charge in [0.15, 0.2) is 8.32 Å². The second-order valence-corrected chi connectivity index (χ2v) is 11.9. The molecule has 6 heteroatoms. The van der Waals surface area contributed by atoms with Crippen LogP contribution < -0.4 is 5.32 Å². The van der Waals surface area contributed by atoms with E-state index in [1.165, 1.54) is 0 Å². The van der Waals surface area contributed by atoms with E-state index in [9.17, 15) is 4.79 Å². The highest BCUT2D eigenvalue weighted by atomic mass is 127. The van der Waals surface area contributed by atoms with E-state index in [-0.39, 0.29) is 23.3 Å². The minimum absolute atomic E-state index is 0.0605. The zero-order valence-electron chi connectivity index (χ0n) is 11.9. The minimum atomic E-state index is -1.71. The molecule has 0 aromatic rings. The second kappa shape index (κ2) is 6.19. The van der Waals surface area contributed by atoms with Crippen molar-refractivity contribution >= 4 is 36.8 Å². The normalized spacial score (nSPS) is 22.3. The van der Waals surface area contributed by atoms with Gasteiger partial charge >= 0.3 is 0 Å². The van der Waals surface area contributed by atoms with Crippen molar-refractivity contribution in [3.63, 3.8) is 0 Å². The number of β-lactam (4-membered cyclic amide) rings is 1. The fourth-order valence-electron chi connectivity index (χ4n) is 1.28. The van der Waals surface area contributed by atoms with Crippen molar-refractivity contribution in [1.29, 1.82) is 0 Å². The molecule has 1 fully saturated rings. The van der Waals surface area contributed by atoms with Gasteiger partial charge in [-0.1, -0.05) is 43.4 Å². The molecule has 0 saturated carbocycles. The zero-order chi connectivity index (χ0) is 14.0. The molecule has 18 heavy (non-hydrogen) atoms. The predicted octanol–water partition coefficient (Wildman–Crippen LogP) is 2.67. The molecule has 1 unspecified atom stereocenters. The van der Waals surface area contributed by atoms with E-state index < -0.39 is 8.32 Å². The van der Waals surface area contributed by atoms with Gasteiger partial charge < -0.3 is 14.5 Å². The lowest BCUT2D eigenvalue weighted by Crippen LogP contribution is -2.52. The van der Waals surface area contributed by atoms with Crippen molar-refractivity contribution in [3.8, 4) is 0 Å². The van der Waals surface area contributed by atoms with Crippen LogP contribution in [0.2, 0.25) is 18.1 Å². The zero-order valence-corrected chi connectivity index (χ0v) is 15.0. The lowest BCUT2D eigenvalue weighted by molar-refractivity contribution is -0.146. The number of amides is 1. The first kappa shape index (κ1) is 16.4. The van der Waals surface area contributed by atoms with Crippen LogP contribution in [0, 0.1) is 0 Å². The topological polar surface area (TPSA) is 47.6 Å². The largest absolute Gasteiger partial charge is 0.414 e. The summed E-state index contributed by atoms with van der Waals surface area (Å²) in [5.41, 5.74) is 0. The maximum absolute atomic E-state index is 10.8. The Hall–Kier alpha value is 0.337. The summed E-state index contributed by atoms with van der Waals surface area (Å²) in [5.74, 6) is 0.0672. The molecule has 0 aromatic heterocycles. The third-order valence-corrected chi connectivity index (χ3v) is 9.14. The fraction of sp³-hybridized carbons (Fsp3) is 0.917. The van der Waals surface area contributed by atoms with Gasteiger partial charge in [0, 0.05) is 4.43 Å². The summed E-state index contributed by atoms with van der Waals surface area (Å²) in [6, 6.07) is 0. The van der Waals surface area contributed by atoms with Crippen LogP contribution in [0.25, 0.3) is 0 Å². The van der Waals surface area contributed by atoms with Gasteiger partial charge in [-0.2, -0.15) is 0 Å². The van der Waals surface area contributed by atoms with E-state index in [0.29, 0.717) is 13.0 Å². The molecular formula is C12H24INO3Si. The van der Waals surface area contributed by atoms with E-state index in [1.54, 1.807) is 0 Å². The van der Waals surface area contributed by atoms with Crippen LogP contribution in [-0.2, 0) is 14.0 Å². The molecule has 0 aliphatic carbocycles. The molecule has 1 aliphatic heterocycles. The first-order valence-corrected chi connectivity index (χ1v) is 10.7. The maximum Gasteiger partial charge on any atom is 0.226 e. The Morgan fingerprint density at radius 2 is 2.06 bits per heavy atom. The Morgan fingerprint density at radius 3 is 2.44 bits per heavy atom. The molecule has 1 heterocycles. The fourth-order valence-corrected chi connectivity index (χ4v) is 2.78. The van der Waals surface area contributed by atoms with E-state index in [0.717, 1.165) is 4.43 Å². The average molecular weight is 385 g/mol. The van der Waals surface area contributed by atoms with Crippen molar-refractivity contribution in [1.82, 2.24) is 5.32 Å². The van der Waals surface area contributed by atoms with E-state index in [1.807, 2.05) is 0 Å². The lowest BCUT2D eigenvalue weighted by Gasteiger charge is -2.38. The van der Waals surface area contributed by atoms with Gasteiger partial charge in [-0.25, -0.2) is 0 Å². The average Bonchev–Trinajstić information content (AvgIpc) is 2.19. The van der Waals surface area contributed by atoms with Gasteiger partial charge in [0.05, 0.1) is 19.1 Å². The van der Waals surface area contributed by atoms with Crippen LogP contribution in [0.15, 0.2) is 0 Å². The van der Waals surface area contributed by atoms with Crippen molar-refractivity contribution in [2.45, 2.75) is 57.7 Å². The van der Waals surface area contributed by atoms with E-state index >= 15 is 0 Å². The molecule has 1 N–H and O–H groups in total. The third kappa shape index (κ3) is 4.46. The SMILES string of the molecule is CC(C)(C)[Si](C)(C)OC[C@@H](CI)OC1CC(=O)N1. The van der Waals surface area contributed by atoms with Crippen molar-refractivity contribution in [2.75, 3.05) is 11.0 Å².